The van der Waals surface area contributed by atoms with Crippen LogP contribution in [0, 0.1) is 0 Å². The van der Waals surface area contributed by atoms with Gasteiger partial charge >= 0.3 is 0 Å². The number of Topliss-reactive ketones (excluding diaryl/α,β-unsaturated/α-hetero) is 1. The van der Waals surface area contributed by atoms with E-state index in [0.29, 0.717) is 56.3 Å². The molecule has 0 unspecified atom stereocenters. The number of anilines is 1. The minimum Gasteiger partial charge on any atom is -0.486 e. The lowest BCUT2D eigenvalue weighted by Gasteiger charge is -2.27. The number of aromatic nitrogens is 3. The van der Waals surface area contributed by atoms with Gasteiger partial charge in [-0.2, -0.15) is 0 Å². The van der Waals surface area contributed by atoms with Crippen LogP contribution in [-0.4, -0.2) is 82.5 Å². The summed E-state index contributed by atoms with van der Waals surface area (Å²) in [5, 5.41) is 0.962. The van der Waals surface area contributed by atoms with E-state index in [1.807, 2.05) is 53.4 Å². The van der Waals surface area contributed by atoms with E-state index in [9.17, 15) is 9.59 Å². The summed E-state index contributed by atoms with van der Waals surface area (Å²) in [5.41, 5.74) is 9.66. The van der Waals surface area contributed by atoms with Gasteiger partial charge in [0.1, 0.15) is 23.7 Å². The van der Waals surface area contributed by atoms with Crippen LogP contribution in [-0.2, 0) is 33.8 Å². The first-order valence-electron chi connectivity index (χ1n) is 14.1. The summed E-state index contributed by atoms with van der Waals surface area (Å²) in [5.74, 6) is 1.81. The molecule has 0 fully saturated rings. The van der Waals surface area contributed by atoms with Gasteiger partial charge in [-0.1, -0.05) is 44.2 Å². The van der Waals surface area contributed by atoms with Crippen LogP contribution in [0.1, 0.15) is 32.2 Å². The molecular weight excluding hydrogens is 520 g/mol. The van der Waals surface area contributed by atoms with E-state index in [0.717, 1.165) is 40.9 Å². The molecule has 41 heavy (non-hydrogen) atoms. The maximum Gasteiger partial charge on any atom is 0.237 e. The molecule has 10 heteroatoms. The van der Waals surface area contributed by atoms with E-state index in [4.69, 9.17) is 20.2 Å². The van der Waals surface area contributed by atoms with Gasteiger partial charge in [-0.25, -0.2) is 9.97 Å². The Morgan fingerprint density at radius 1 is 1.05 bits per heavy atom. The van der Waals surface area contributed by atoms with E-state index < -0.39 is 0 Å². The van der Waals surface area contributed by atoms with E-state index in [-0.39, 0.29) is 18.3 Å². The molecule has 0 aliphatic heterocycles. The van der Waals surface area contributed by atoms with Crippen molar-refractivity contribution in [3.63, 3.8) is 0 Å². The molecule has 0 aliphatic carbocycles. The number of rotatable bonds is 15. The molecule has 218 valence electrons. The maximum atomic E-state index is 13.7. The average molecular weight is 561 g/mol. The number of imidazole rings is 1. The lowest BCUT2D eigenvalue weighted by Crippen LogP contribution is -2.41. The van der Waals surface area contributed by atoms with Crippen LogP contribution >= 0.6 is 0 Å². The van der Waals surface area contributed by atoms with Crippen molar-refractivity contribution in [3.8, 4) is 5.75 Å². The summed E-state index contributed by atoms with van der Waals surface area (Å²) in [6, 6.07) is 15.4. The van der Waals surface area contributed by atoms with Gasteiger partial charge in [0, 0.05) is 38.6 Å². The third-order valence-electron chi connectivity index (χ3n) is 7.13. The van der Waals surface area contributed by atoms with Crippen molar-refractivity contribution in [2.75, 3.05) is 52.2 Å². The summed E-state index contributed by atoms with van der Waals surface area (Å²) in [6.45, 7) is 9.41. The number of ether oxygens (including phenoxy) is 2. The Balaban J connectivity index is 1.68. The van der Waals surface area contributed by atoms with Crippen molar-refractivity contribution in [2.45, 2.75) is 40.3 Å². The van der Waals surface area contributed by atoms with Crippen molar-refractivity contribution >= 4 is 39.4 Å². The van der Waals surface area contributed by atoms with Gasteiger partial charge in [0.25, 0.3) is 0 Å². The number of methoxy groups -OCH3 is 1. The first-order valence-corrected chi connectivity index (χ1v) is 14.1. The first-order chi connectivity index (χ1) is 19.8. The van der Waals surface area contributed by atoms with Gasteiger partial charge in [-0.3, -0.25) is 14.5 Å². The Morgan fingerprint density at radius 2 is 1.83 bits per heavy atom. The quantitative estimate of drug-likeness (QED) is 0.234. The number of fused-ring (bicyclic) bond motifs is 3. The van der Waals surface area contributed by atoms with Gasteiger partial charge in [-0.05, 0) is 43.8 Å². The van der Waals surface area contributed by atoms with E-state index in [1.54, 1.807) is 7.11 Å². The van der Waals surface area contributed by atoms with Gasteiger partial charge < -0.3 is 24.7 Å². The highest BCUT2D eigenvalue weighted by Crippen LogP contribution is 2.29. The summed E-state index contributed by atoms with van der Waals surface area (Å²) < 4.78 is 13.1. The third kappa shape index (κ3) is 7.39. The molecule has 0 saturated carbocycles. The van der Waals surface area contributed by atoms with Crippen LogP contribution < -0.4 is 10.5 Å². The lowest BCUT2D eigenvalue weighted by atomic mass is 10.2. The van der Waals surface area contributed by atoms with Crippen molar-refractivity contribution in [1.82, 2.24) is 24.3 Å². The number of nitrogen functional groups attached to an aromatic ring is 1. The predicted molar refractivity (Wildman–Crippen MR) is 161 cm³/mol. The standard InChI is InChI=1S/C31H40N6O4/c1-5-35(6-2)20-28(39)36(19-23-10-9-11-24(18-23)41-21-22(3)38)15-16-37-27(14-17-40-4)34-29-30(37)25-12-7-8-13-26(25)33-31(29)32/h7-13,18H,5-6,14-17,19-21H2,1-4H3,(H2,32,33). The highest BCUT2D eigenvalue weighted by molar-refractivity contribution is 6.06. The molecule has 0 radical (unpaired) electrons. The van der Waals surface area contributed by atoms with Gasteiger partial charge in [-0.15, -0.1) is 0 Å². The number of carbonyl (C=O) groups excluding carboxylic acids is 2. The average Bonchev–Trinajstić information content (AvgIpc) is 3.35. The number of pyridine rings is 1. The molecule has 0 atom stereocenters. The second-order valence-corrected chi connectivity index (χ2v) is 10.0. The number of amides is 1. The minimum absolute atomic E-state index is 0.0119. The van der Waals surface area contributed by atoms with Gasteiger partial charge in [0.05, 0.1) is 24.2 Å². The smallest absolute Gasteiger partial charge is 0.237 e. The summed E-state index contributed by atoms with van der Waals surface area (Å²) in [6.07, 6.45) is 0.599. The van der Waals surface area contributed by atoms with Crippen LogP contribution in [0.4, 0.5) is 5.82 Å². The number of carbonyl (C=O) groups is 2. The summed E-state index contributed by atoms with van der Waals surface area (Å²) >= 11 is 0. The minimum atomic E-state index is -0.0494. The third-order valence-corrected chi connectivity index (χ3v) is 7.13. The Morgan fingerprint density at radius 3 is 2.56 bits per heavy atom. The van der Waals surface area contributed by atoms with Crippen LogP contribution in [0.25, 0.3) is 21.9 Å². The van der Waals surface area contributed by atoms with E-state index in [2.05, 4.69) is 28.3 Å². The number of hydrogen-bond donors (Lipinski definition) is 1. The fourth-order valence-corrected chi connectivity index (χ4v) is 4.92. The molecule has 0 spiro atoms. The molecule has 4 rings (SSSR count). The first kappa shape index (κ1) is 30.0. The molecule has 0 bridgehead atoms. The number of benzene rings is 2. The number of nitrogens with zero attached hydrogens (tertiary/aromatic N) is 5. The fourth-order valence-electron chi connectivity index (χ4n) is 4.92. The van der Waals surface area contributed by atoms with Crippen molar-refractivity contribution in [1.29, 1.82) is 0 Å². The van der Waals surface area contributed by atoms with Crippen LogP contribution in [0.2, 0.25) is 0 Å². The Bertz CT molecular complexity index is 1500. The van der Waals surface area contributed by atoms with Gasteiger partial charge in [0.2, 0.25) is 5.91 Å². The summed E-state index contributed by atoms with van der Waals surface area (Å²) in [4.78, 5) is 38.5. The molecule has 2 aromatic carbocycles. The highest BCUT2D eigenvalue weighted by Gasteiger charge is 2.21. The second-order valence-electron chi connectivity index (χ2n) is 10.0. The largest absolute Gasteiger partial charge is 0.486 e. The second kappa shape index (κ2) is 14.0. The lowest BCUT2D eigenvalue weighted by molar-refractivity contribution is -0.133. The molecule has 1 amide bonds. The fraction of sp³-hybridized carbons (Fsp3) is 0.419. The number of para-hydroxylation sites is 1. The molecular formula is C31H40N6O4. The van der Waals surface area contributed by atoms with Crippen molar-refractivity contribution in [3.05, 3.63) is 59.9 Å². The molecule has 4 aromatic rings. The maximum absolute atomic E-state index is 13.7. The Hall–Kier alpha value is -4.02. The molecule has 0 saturated heterocycles. The van der Waals surface area contributed by atoms with Crippen LogP contribution in [0.3, 0.4) is 0 Å². The summed E-state index contributed by atoms with van der Waals surface area (Å²) in [7, 11) is 1.67. The molecule has 10 nitrogen and oxygen atoms in total. The Kier molecular flexibility index (Phi) is 10.3. The number of nitrogens with two attached hydrogens (primary N) is 1. The molecule has 2 aromatic heterocycles. The predicted octanol–water partition coefficient (Wildman–Crippen LogP) is 3.69. The zero-order valence-corrected chi connectivity index (χ0v) is 24.4. The molecule has 0 aliphatic rings. The highest BCUT2D eigenvalue weighted by atomic mass is 16.5. The molecule has 2 heterocycles. The Labute approximate surface area is 241 Å². The number of hydrogen-bond acceptors (Lipinski definition) is 8. The zero-order chi connectivity index (χ0) is 29.4. The van der Waals surface area contributed by atoms with E-state index in [1.165, 1.54) is 6.92 Å². The number of likely N-dealkylation sites (N-methyl/N-ethyl adjacent to an activating group) is 1. The topological polar surface area (TPSA) is 116 Å². The van der Waals surface area contributed by atoms with Crippen LogP contribution in [0.15, 0.2) is 48.5 Å². The van der Waals surface area contributed by atoms with Crippen molar-refractivity contribution in [2.24, 2.45) is 0 Å². The zero-order valence-electron chi connectivity index (χ0n) is 24.4. The van der Waals surface area contributed by atoms with Crippen molar-refractivity contribution < 1.29 is 19.1 Å². The van der Waals surface area contributed by atoms with E-state index >= 15 is 0 Å². The normalized spacial score (nSPS) is 11.4. The van der Waals surface area contributed by atoms with Gasteiger partial charge in [0.15, 0.2) is 11.6 Å². The monoisotopic (exact) mass is 560 g/mol. The number of ketones is 1. The van der Waals surface area contributed by atoms with Crippen LogP contribution in [0.5, 0.6) is 5.75 Å². The molecule has 2 N–H and O–H groups in total. The SMILES string of the molecule is CCN(CC)CC(=O)N(CCn1c(CCOC)nc2c(N)nc3ccccc3c21)Cc1cccc(OCC(C)=O)c1.